The van der Waals surface area contributed by atoms with Crippen LogP contribution in [0.15, 0.2) is 18.2 Å². The molecular formula is C13H19ClFN3O2. The highest BCUT2D eigenvalue weighted by atomic mass is 35.5. The molecule has 2 amide bonds. The summed E-state index contributed by atoms with van der Waals surface area (Å²) in [5.74, 6) is -0.916. The number of hydrogen-bond donors (Lipinski definition) is 3. The van der Waals surface area contributed by atoms with E-state index in [0.29, 0.717) is 13.0 Å². The number of nitrogens with two attached hydrogens (primary N) is 1. The van der Waals surface area contributed by atoms with Crippen molar-refractivity contribution in [1.29, 1.82) is 0 Å². The SMILES string of the molecule is Cc1cc(F)ccc1CCNC(=O)CNC(=O)CN.Cl. The number of amides is 2. The first-order chi connectivity index (χ1) is 9.02. The molecule has 0 spiro atoms. The summed E-state index contributed by atoms with van der Waals surface area (Å²) in [6.45, 7) is 2.03. The van der Waals surface area contributed by atoms with Gasteiger partial charge in [-0.05, 0) is 36.6 Å². The monoisotopic (exact) mass is 303 g/mol. The van der Waals surface area contributed by atoms with Gasteiger partial charge in [0.1, 0.15) is 5.82 Å². The summed E-state index contributed by atoms with van der Waals surface area (Å²) >= 11 is 0. The van der Waals surface area contributed by atoms with Gasteiger partial charge in [0.25, 0.3) is 0 Å². The Balaban J connectivity index is 0.00000361. The Labute approximate surface area is 123 Å². The summed E-state index contributed by atoms with van der Waals surface area (Å²) in [5, 5.41) is 5.04. The van der Waals surface area contributed by atoms with Crippen LogP contribution in [0.5, 0.6) is 0 Å². The lowest BCUT2D eigenvalue weighted by atomic mass is 10.1. The van der Waals surface area contributed by atoms with E-state index >= 15 is 0 Å². The molecule has 0 saturated carbocycles. The van der Waals surface area contributed by atoms with Crippen LogP contribution in [0.4, 0.5) is 4.39 Å². The number of carbonyl (C=O) groups excluding carboxylic acids is 2. The smallest absolute Gasteiger partial charge is 0.239 e. The minimum atomic E-state index is -0.371. The highest BCUT2D eigenvalue weighted by Crippen LogP contribution is 2.10. The van der Waals surface area contributed by atoms with Gasteiger partial charge in [-0.3, -0.25) is 9.59 Å². The third-order valence-corrected chi connectivity index (χ3v) is 2.65. The standard InChI is InChI=1S/C13H18FN3O2.ClH/c1-9-6-11(14)3-2-10(9)4-5-16-13(19)8-17-12(18)7-15;/h2-3,6H,4-5,7-8,15H2,1H3,(H,16,19)(H,17,18);1H. The van der Waals surface area contributed by atoms with Gasteiger partial charge in [0.15, 0.2) is 0 Å². The number of carbonyl (C=O) groups is 2. The van der Waals surface area contributed by atoms with E-state index in [1.54, 1.807) is 6.07 Å². The minimum absolute atomic E-state index is 0. The molecule has 7 heteroatoms. The average Bonchev–Trinajstić information content (AvgIpc) is 2.38. The summed E-state index contributed by atoms with van der Waals surface area (Å²) in [6.07, 6.45) is 0.614. The van der Waals surface area contributed by atoms with Gasteiger partial charge >= 0.3 is 0 Å². The van der Waals surface area contributed by atoms with Gasteiger partial charge < -0.3 is 16.4 Å². The predicted molar refractivity (Wildman–Crippen MR) is 77.2 cm³/mol. The molecule has 5 nitrogen and oxygen atoms in total. The Hall–Kier alpha value is -1.66. The lowest BCUT2D eigenvalue weighted by Gasteiger charge is -2.08. The maximum absolute atomic E-state index is 12.9. The Bertz CT molecular complexity index is 469. The molecule has 1 aromatic rings. The quantitative estimate of drug-likeness (QED) is 0.706. The second kappa shape index (κ2) is 9.28. The molecule has 0 aliphatic rings. The van der Waals surface area contributed by atoms with E-state index in [1.165, 1.54) is 12.1 Å². The first kappa shape index (κ1) is 18.3. The zero-order valence-electron chi connectivity index (χ0n) is 11.2. The summed E-state index contributed by atoms with van der Waals surface area (Å²) in [4.78, 5) is 22.2. The summed E-state index contributed by atoms with van der Waals surface area (Å²) in [6, 6.07) is 4.55. The van der Waals surface area contributed by atoms with Gasteiger partial charge in [-0.2, -0.15) is 0 Å². The van der Waals surface area contributed by atoms with Gasteiger partial charge in [0.2, 0.25) is 11.8 Å². The number of benzene rings is 1. The second-order valence-corrected chi connectivity index (χ2v) is 4.15. The molecule has 0 unspecified atom stereocenters. The average molecular weight is 304 g/mol. The van der Waals surface area contributed by atoms with E-state index in [-0.39, 0.29) is 43.1 Å². The number of nitrogens with one attached hydrogen (secondary N) is 2. The number of aryl methyl sites for hydroxylation is 1. The Morgan fingerprint density at radius 1 is 1.25 bits per heavy atom. The van der Waals surface area contributed by atoms with Crippen molar-refractivity contribution in [2.45, 2.75) is 13.3 Å². The number of halogens is 2. The molecule has 1 aromatic carbocycles. The topological polar surface area (TPSA) is 84.2 Å². The molecule has 1 rings (SSSR count). The maximum atomic E-state index is 12.9. The van der Waals surface area contributed by atoms with Crippen LogP contribution in [-0.4, -0.2) is 31.4 Å². The fraction of sp³-hybridized carbons (Fsp3) is 0.385. The normalized spacial score (nSPS) is 9.55. The van der Waals surface area contributed by atoms with Crippen molar-refractivity contribution < 1.29 is 14.0 Å². The fourth-order valence-electron chi connectivity index (χ4n) is 1.59. The predicted octanol–water partition coefficient (Wildman–Crippen LogP) is 0.290. The lowest BCUT2D eigenvalue weighted by molar-refractivity contribution is -0.125. The molecule has 0 saturated heterocycles. The van der Waals surface area contributed by atoms with E-state index < -0.39 is 0 Å². The maximum Gasteiger partial charge on any atom is 0.239 e. The highest BCUT2D eigenvalue weighted by Gasteiger charge is 2.04. The number of rotatable bonds is 6. The van der Waals surface area contributed by atoms with Crippen LogP contribution in [0.1, 0.15) is 11.1 Å². The summed E-state index contributed by atoms with van der Waals surface area (Å²) in [7, 11) is 0. The van der Waals surface area contributed by atoms with Crippen molar-refractivity contribution in [2.75, 3.05) is 19.6 Å². The zero-order chi connectivity index (χ0) is 14.3. The zero-order valence-corrected chi connectivity index (χ0v) is 12.1. The molecule has 0 atom stereocenters. The molecule has 0 aromatic heterocycles. The fourth-order valence-corrected chi connectivity index (χ4v) is 1.59. The van der Waals surface area contributed by atoms with Gasteiger partial charge in [-0.15, -0.1) is 12.4 Å². The van der Waals surface area contributed by atoms with Crippen molar-refractivity contribution in [3.8, 4) is 0 Å². The van der Waals surface area contributed by atoms with Crippen molar-refractivity contribution in [2.24, 2.45) is 5.73 Å². The Morgan fingerprint density at radius 3 is 2.55 bits per heavy atom. The lowest BCUT2D eigenvalue weighted by Crippen LogP contribution is -2.40. The largest absolute Gasteiger partial charge is 0.354 e. The summed E-state index contributed by atoms with van der Waals surface area (Å²) < 4.78 is 12.9. The Morgan fingerprint density at radius 2 is 1.95 bits per heavy atom. The molecule has 0 radical (unpaired) electrons. The molecule has 0 bridgehead atoms. The molecule has 0 fully saturated rings. The summed E-state index contributed by atoms with van der Waals surface area (Å²) in [5.41, 5.74) is 6.92. The van der Waals surface area contributed by atoms with Gasteiger partial charge in [-0.1, -0.05) is 6.07 Å². The molecule has 0 aliphatic heterocycles. The molecule has 0 heterocycles. The van der Waals surface area contributed by atoms with Crippen LogP contribution < -0.4 is 16.4 Å². The third kappa shape index (κ3) is 6.49. The second-order valence-electron chi connectivity index (χ2n) is 4.15. The van der Waals surface area contributed by atoms with E-state index in [0.717, 1.165) is 11.1 Å². The third-order valence-electron chi connectivity index (χ3n) is 2.65. The first-order valence-corrected chi connectivity index (χ1v) is 6.01. The van der Waals surface area contributed by atoms with E-state index in [1.807, 2.05) is 6.92 Å². The van der Waals surface area contributed by atoms with E-state index in [2.05, 4.69) is 10.6 Å². The molecular weight excluding hydrogens is 285 g/mol. The first-order valence-electron chi connectivity index (χ1n) is 6.01. The molecule has 0 aliphatic carbocycles. The van der Waals surface area contributed by atoms with Crippen LogP contribution >= 0.6 is 12.4 Å². The van der Waals surface area contributed by atoms with Crippen LogP contribution in [0.3, 0.4) is 0 Å². The minimum Gasteiger partial charge on any atom is -0.354 e. The van der Waals surface area contributed by atoms with E-state index in [9.17, 15) is 14.0 Å². The number of hydrogen-bond acceptors (Lipinski definition) is 3. The van der Waals surface area contributed by atoms with Gasteiger partial charge in [0, 0.05) is 6.54 Å². The highest BCUT2D eigenvalue weighted by molar-refractivity contribution is 5.85. The van der Waals surface area contributed by atoms with E-state index in [4.69, 9.17) is 5.73 Å². The van der Waals surface area contributed by atoms with Crippen molar-refractivity contribution in [1.82, 2.24) is 10.6 Å². The van der Waals surface area contributed by atoms with Crippen LogP contribution in [0.2, 0.25) is 0 Å². The van der Waals surface area contributed by atoms with Crippen molar-refractivity contribution >= 4 is 24.2 Å². The molecule has 112 valence electrons. The molecule has 20 heavy (non-hydrogen) atoms. The molecule has 4 N–H and O–H groups in total. The Kier molecular flexibility index (Phi) is 8.51. The van der Waals surface area contributed by atoms with Crippen LogP contribution in [-0.2, 0) is 16.0 Å². The van der Waals surface area contributed by atoms with Crippen molar-refractivity contribution in [3.05, 3.63) is 35.1 Å². The van der Waals surface area contributed by atoms with Crippen molar-refractivity contribution in [3.63, 3.8) is 0 Å². The van der Waals surface area contributed by atoms with Crippen LogP contribution in [0, 0.1) is 12.7 Å². The van der Waals surface area contributed by atoms with Crippen LogP contribution in [0.25, 0.3) is 0 Å². The van der Waals surface area contributed by atoms with Gasteiger partial charge in [0.05, 0.1) is 13.1 Å². The van der Waals surface area contributed by atoms with Gasteiger partial charge in [-0.25, -0.2) is 4.39 Å².